The Balaban J connectivity index is 3.82. The van der Waals surface area contributed by atoms with Gasteiger partial charge in [0.2, 0.25) is 0 Å². The van der Waals surface area contributed by atoms with Gasteiger partial charge in [0.05, 0.1) is 5.38 Å². The molecule has 0 aliphatic carbocycles. The molecule has 0 aromatic rings. The molecular weight excluding hydrogens is 171 g/mol. The molecule has 1 radical (unpaired) electrons. The maximum absolute atomic E-state index is 11.0. The van der Waals surface area contributed by atoms with Crippen LogP contribution in [0.25, 0.3) is 0 Å². The van der Waals surface area contributed by atoms with Crippen molar-refractivity contribution in [2.75, 3.05) is 0 Å². The van der Waals surface area contributed by atoms with Gasteiger partial charge in [-0.1, -0.05) is 13.8 Å². The summed E-state index contributed by atoms with van der Waals surface area (Å²) in [5.74, 6) is -0.131. The largest absolute Gasteiger partial charge is 0.296 e. The Kier molecular flexibility index (Phi) is 5.10. The second-order valence-electron chi connectivity index (χ2n) is 2.00. The first-order chi connectivity index (χ1) is 4.63. The third kappa shape index (κ3) is 2.89. The summed E-state index contributed by atoms with van der Waals surface area (Å²) >= 11 is 11.2. The van der Waals surface area contributed by atoms with Gasteiger partial charge < -0.3 is 0 Å². The molecule has 0 N–H and O–H groups in total. The van der Waals surface area contributed by atoms with Crippen LogP contribution in [0.4, 0.5) is 0 Å². The predicted octanol–water partition coefficient (Wildman–Crippen LogP) is 2.75. The van der Waals surface area contributed by atoms with E-state index in [1.807, 2.05) is 13.8 Å². The van der Waals surface area contributed by atoms with Crippen molar-refractivity contribution in [3.63, 3.8) is 0 Å². The summed E-state index contributed by atoms with van der Waals surface area (Å²) < 4.78 is 0. The number of rotatable bonds is 4. The molecule has 0 aliphatic heterocycles. The van der Waals surface area contributed by atoms with Crippen LogP contribution in [-0.2, 0) is 4.79 Å². The number of carbonyl (C=O) groups is 1. The minimum atomic E-state index is -0.438. The van der Waals surface area contributed by atoms with Crippen molar-refractivity contribution in [3.8, 4) is 0 Å². The molecule has 0 saturated carbocycles. The summed E-state index contributed by atoms with van der Waals surface area (Å²) in [6.45, 7) is 3.69. The number of hydrogen-bond donors (Lipinski definition) is 0. The van der Waals surface area contributed by atoms with Crippen molar-refractivity contribution in [1.29, 1.82) is 0 Å². The molecule has 0 aliphatic rings. The average molecular weight is 182 g/mol. The van der Waals surface area contributed by atoms with Crippen LogP contribution in [0.2, 0.25) is 0 Å². The minimum Gasteiger partial charge on any atom is -0.296 e. The van der Waals surface area contributed by atoms with Crippen LogP contribution < -0.4 is 0 Å². The van der Waals surface area contributed by atoms with Gasteiger partial charge in [-0.25, -0.2) is 0 Å². The van der Waals surface area contributed by atoms with E-state index in [-0.39, 0.29) is 5.78 Å². The Morgan fingerprint density at radius 1 is 1.50 bits per heavy atom. The standard InChI is InChI=1S/C7H11Cl2O/c1-3-5(8)7(10)6(9)4-2/h5H,3-4H2,1-2H3. The molecule has 59 valence electrons. The molecule has 0 rings (SSSR count). The molecule has 0 spiro atoms. The summed E-state index contributed by atoms with van der Waals surface area (Å²) in [5, 5.41) is -0.0886. The quantitative estimate of drug-likeness (QED) is 0.611. The molecule has 0 aromatic heterocycles. The van der Waals surface area contributed by atoms with Gasteiger partial charge >= 0.3 is 0 Å². The number of Topliss-reactive ketones (excluding diaryl/α,β-unsaturated/α-hetero) is 1. The second kappa shape index (κ2) is 4.97. The van der Waals surface area contributed by atoms with Gasteiger partial charge in [-0.05, 0) is 12.8 Å². The van der Waals surface area contributed by atoms with Gasteiger partial charge in [0.25, 0.3) is 0 Å². The summed E-state index contributed by atoms with van der Waals surface area (Å²) in [5.41, 5.74) is 0. The number of ketones is 1. The first-order valence-corrected chi connectivity index (χ1v) is 4.14. The summed E-state index contributed by atoms with van der Waals surface area (Å²) in [6.07, 6.45) is 1.21. The topological polar surface area (TPSA) is 17.1 Å². The van der Waals surface area contributed by atoms with Crippen LogP contribution in [0.1, 0.15) is 26.7 Å². The zero-order valence-corrected chi connectivity index (χ0v) is 7.67. The van der Waals surface area contributed by atoms with E-state index in [2.05, 4.69) is 0 Å². The molecule has 0 bridgehead atoms. The van der Waals surface area contributed by atoms with E-state index < -0.39 is 5.38 Å². The summed E-state index contributed by atoms with van der Waals surface area (Å²) in [6, 6.07) is 0. The lowest BCUT2D eigenvalue weighted by Gasteiger charge is -2.07. The van der Waals surface area contributed by atoms with E-state index in [1.165, 1.54) is 0 Å². The smallest absolute Gasteiger partial charge is 0.173 e. The maximum atomic E-state index is 11.0. The van der Waals surface area contributed by atoms with Crippen LogP contribution in [0, 0.1) is 5.38 Å². The van der Waals surface area contributed by atoms with Crippen LogP contribution >= 0.6 is 23.2 Å². The molecule has 1 nitrogen and oxygen atoms in total. The zero-order valence-electron chi connectivity index (χ0n) is 6.16. The third-order valence-electron chi connectivity index (χ3n) is 1.22. The normalized spacial score (nSPS) is 13.7. The van der Waals surface area contributed by atoms with Crippen LogP contribution in [0.5, 0.6) is 0 Å². The predicted molar refractivity (Wildman–Crippen MR) is 44.3 cm³/mol. The van der Waals surface area contributed by atoms with E-state index in [0.29, 0.717) is 18.2 Å². The van der Waals surface area contributed by atoms with E-state index in [0.717, 1.165) is 0 Å². The fourth-order valence-electron chi connectivity index (χ4n) is 0.530. The highest BCUT2D eigenvalue weighted by molar-refractivity contribution is 6.45. The molecule has 0 saturated heterocycles. The fraction of sp³-hybridized carbons (Fsp3) is 0.714. The van der Waals surface area contributed by atoms with Gasteiger partial charge in [0.15, 0.2) is 5.78 Å². The lowest BCUT2D eigenvalue weighted by Crippen LogP contribution is -2.17. The average Bonchev–Trinajstić information content (AvgIpc) is 2.00. The second-order valence-corrected chi connectivity index (χ2v) is 2.98. The Hall–Kier alpha value is 0.250. The maximum Gasteiger partial charge on any atom is 0.173 e. The zero-order chi connectivity index (χ0) is 8.15. The van der Waals surface area contributed by atoms with Crippen molar-refractivity contribution >= 4 is 29.0 Å². The van der Waals surface area contributed by atoms with Gasteiger partial charge in [-0.3, -0.25) is 4.79 Å². The highest BCUT2D eigenvalue weighted by Crippen LogP contribution is 2.18. The summed E-state index contributed by atoms with van der Waals surface area (Å²) in [7, 11) is 0. The first kappa shape index (κ1) is 10.2. The Labute approximate surface area is 71.7 Å². The SMILES string of the molecule is CC[C](Cl)C(=O)C(Cl)CC. The van der Waals surface area contributed by atoms with Crippen molar-refractivity contribution in [3.05, 3.63) is 5.38 Å². The number of hydrogen-bond acceptors (Lipinski definition) is 1. The molecule has 0 amide bonds. The molecule has 3 heteroatoms. The minimum absolute atomic E-state index is 0.131. The van der Waals surface area contributed by atoms with E-state index >= 15 is 0 Å². The third-order valence-corrected chi connectivity index (χ3v) is 2.18. The van der Waals surface area contributed by atoms with Gasteiger partial charge in [-0.2, -0.15) is 0 Å². The molecule has 10 heavy (non-hydrogen) atoms. The Morgan fingerprint density at radius 3 is 2.30 bits per heavy atom. The van der Waals surface area contributed by atoms with Crippen molar-refractivity contribution in [2.45, 2.75) is 32.1 Å². The van der Waals surface area contributed by atoms with Crippen LogP contribution in [0.3, 0.4) is 0 Å². The molecule has 0 fully saturated rings. The lowest BCUT2D eigenvalue weighted by atomic mass is 10.1. The summed E-state index contributed by atoms with van der Waals surface area (Å²) in [4.78, 5) is 11.0. The van der Waals surface area contributed by atoms with Crippen molar-refractivity contribution < 1.29 is 4.79 Å². The highest BCUT2D eigenvalue weighted by atomic mass is 35.5. The Morgan fingerprint density at radius 2 is 2.00 bits per heavy atom. The van der Waals surface area contributed by atoms with E-state index in [9.17, 15) is 4.79 Å². The number of alkyl halides is 1. The first-order valence-electron chi connectivity index (χ1n) is 3.33. The van der Waals surface area contributed by atoms with Crippen molar-refractivity contribution in [2.24, 2.45) is 0 Å². The fourth-order valence-corrected chi connectivity index (χ4v) is 0.849. The molecular formula is C7H11Cl2O. The molecule has 0 aromatic carbocycles. The van der Waals surface area contributed by atoms with E-state index in [4.69, 9.17) is 23.2 Å². The number of carbonyl (C=O) groups excluding carboxylic acids is 1. The number of halogens is 2. The molecule has 1 unspecified atom stereocenters. The lowest BCUT2D eigenvalue weighted by molar-refractivity contribution is -0.116. The van der Waals surface area contributed by atoms with Crippen molar-refractivity contribution in [1.82, 2.24) is 0 Å². The highest BCUT2D eigenvalue weighted by Gasteiger charge is 2.20. The van der Waals surface area contributed by atoms with Gasteiger partial charge in [0.1, 0.15) is 5.38 Å². The molecule has 0 heterocycles. The van der Waals surface area contributed by atoms with E-state index in [1.54, 1.807) is 0 Å². The van der Waals surface area contributed by atoms with Gasteiger partial charge in [-0.15, -0.1) is 23.2 Å². The Bertz CT molecular complexity index is 102. The van der Waals surface area contributed by atoms with Crippen LogP contribution in [-0.4, -0.2) is 11.2 Å². The molecule has 1 atom stereocenters. The monoisotopic (exact) mass is 181 g/mol. The van der Waals surface area contributed by atoms with Gasteiger partial charge in [0, 0.05) is 0 Å². The van der Waals surface area contributed by atoms with Crippen LogP contribution in [0.15, 0.2) is 0 Å².